The number of carbonyl (C=O) groups is 2. The Morgan fingerprint density at radius 3 is 2.63 bits per heavy atom. The average molecular weight is 286 g/mol. The topological polar surface area (TPSA) is 77.5 Å². The number of hydrogen-bond acceptors (Lipinski definition) is 6. The van der Waals surface area contributed by atoms with Gasteiger partial charge < -0.3 is 14.8 Å². The summed E-state index contributed by atoms with van der Waals surface area (Å²) in [5, 5.41) is 4.30. The van der Waals surface area contributed by atoms with Crippen LogP contribution in [-0.4, -0.2) is 35.8 Å². The van der Waals surface area contributed by atoms with Gasteiger partial charge in [-0.3, -0.25) is 0 Å². The quantitative estimate of drug-likeness (QED) is 0.853. The molecule has 1 unspecified atom stereocenters. The number of hydrogen-bond donors (Lipinski definition) is 1. The lowest BCUT2D eigenvalue weighted by Gasteiger charge is -2.22. The molecule has 7 heteroatoms. The van der Waals surface area contributed by atoms with E-state index in [2.05, 4.69) is 15.0 Å². The predicted octanol–water partition coefficient (Wildman–Crippen LogP) is 1.75. The Morgan fingerprint density at radius 2 is 2.16 bits per heavy atom. The number of alkyl carbamates (subject to hydrolysis) is 1. The van der Waals surface area contributed by atoms with Crippen molar-refractivity contribution in [3.8, 4) is 0 Å². The molecule has 0 spiro atoms. The van der Waals surface area contributed by atoms with Gasteiger partial charge in [-0.1, -0.05) is 0 Å². The third kappa shape index (κ3) is 5.69. The van der Waals surface area contributed by atoms with Crippen molar-refractivity contribution in [3.05, 3.63) is 16.6 Å². The zero-order valence-electron chi connectivity index (χ0n) is 11.4. The molecule has 0 radical (unpaired) electrons. The Hall–Kier alpha value is -1.63. The monoisotopic (exact) mass is 286 g/mol. The van der Waals surface area contributed by atoms with Crippen molar-refractivity contribution in [2.45, 2.75) is 38.8 Å². The zero-order valence-corrected chi connectivity index (χ0v) is 12.2. The van der Waals surface area contributed by atoms with Gasteiger partial charge in [0, 0.05) is 11.8 Å². The van der Waals surface area contributed by atoms with E-state index in [1.54, 1.807) is 26.3 Å². The lowest BCUT2D eigenvalue weighted by Crippen LogP contribution is -2.45. The largest absolute Gasteiger partial charge is 0.467 e. The first-order chi connectivity index (χ1) is 8.81. The maximum atomic E-state index is 11.7. The number of esters is 1. The minimum atomic E-state index is -0.804. The van der Waals surface area contributed by atoms with Crippen LogP contribution in [0.15, 0.2) is 10.9 Å². The average Bonchev–Trinajstić information content (AvgIpc) is 2.77. The van der Waals surface area contributed by atoms with Crippen LogP contribution in [0.25, 0.3) is 0 Å². The second-order valence-corrected chi connectivity index (χ2v) is 5.62. The van der Waals surface area contributed by atoms with Gasteiger partial charge in [-0.2, -0.15) is 0 Å². The van der Waals surface area contributed by atoms with Gasteiger partial charge in [-0.05, 0) is 20.8 Å². The highest BCUT2D eigenvalue weighted by atomic mass is 32.1. The molecule has 1 N–H and O–H groups in total. The summed E-state index contributed by atoms with van der Waals surface area (Å²) in [6.07, 6.45) is -0.381. The first kappa shape index (κ1) is 15.4. The van der Waals surface area contributed by atoms with E-state index in [-0.39, 0.29) is 6.42 Å². The molecule has 0 fully saturated rings. The molecule has 0 aromatic carbocycles. The van der Waals surface area contributed by atoms with Crippen LogP contribution in [0.4, 0.5) is 4.79 Å². The smallest absolute Gasteiger partial charge is 0.408 e. The molecule has 1 heterocycles. The normalized spacial score (nSPS) is 12.6. The second-order valence-electron chi connectivity index (χ2n) is 4.91. The van der Waals surface area contributed by atoms with Crippen LogP contribution in [0.3, 0.4) is 0 Å². The minimum Gasteiger partial charge on any atom is -0.467 e. The molecule has 0 aliphatic rings. The highest BCUT2D eigenvalue weighted by Gasteiger charge is 2.25. The standard InChI is InChI=1S/C12H18N2O4S/c1-12(2,3)18-11(16)14-9(10(15)17-4)5-8-6-19-7-13-8/h6-7,9H,5H2,1-4H3,(H,14,16). The molecule has 1 aromatic rings. The Labute approximate surface area is 116 Å². The van der Waals surface area contributed by atoms with E-state index in [1.807, 2.05) is 5.38 Å². The molecule has 0 bridgehead atoms. The summed E-state index contributed by atoms with van der Waals surface area (Å²) in [5.41, 5.74) is 1.76. The second kappa shape index (κ2) is 6.51. The van der Waals surface area contributed by atoms with Crippen LogP contribution in [0.1, 0.15) is 26.5 Å². The van der Waals surface area contributed by atoms with Gasteiger partial charge in [0.15, 0.2) is 0 Å². The van der Waals surface area contributed by atoms with Crippen LogP contribution in [-0.2, 0) is 20.7 Å². The maximum absolute atomic E-state index is 11.7. The summed E-state index contributed by atoms with van der Waals surface area (Å²) in [4.78, 5) is 27.4. The van der Waals surface area contributed by atoms with E-state index in [9.17, 15) is 9.59 Å². The number of aromatic nitrogens is 1. The molecule has 1 rings (SSSR count). The maximum Gasteiger partial charge on any atom is 0.408 e. The van der Waals surface area contributed by atoms with Gasteiger partial charge >= 0.3 is 12.1 Å². The van der Waals surface area contributed by atoms with Crippen molar-refractivity contribution in [2.24, 2.45) is 0 Å². The molecule has 6 nitrogen and oxygen atoms in total. The van der Waals surface area contributed by atoms with Crippen LogP contribution in [0.2, 0.25) is 0 Å². The fourth-order valence-electron chi connectivity index (χ4n) is 1.33. The highest BCUT2D eigenvalue weighted by molar-refractivity contribution is 7.07. The summed E-state index contributed by atoms with van der Waals surface area (Å²) in [6, 6.07) is -0.804. The van der Waals surface area contributed by atoms with Crippen molar-refractivity contribution in [3.63, 3.8) is 0 Å². The van der Waals surface area contributed by atoms with Gasteiger partial charge in [0.2, 0.25) is 0 Å². The van der Waals surface area contributed by atoms with Crippen LogP contribution >= 0.6 is 11.3 Å². The van der Waals surface area contributed by atoms with Gasteiger partial charge in [-0.15, -0.1) is 11.3 Å². The molecule has 0 saturated carbocycles. The lowest BCUT2D eigenvalue weighted by atomic mass is 10.1. The Bertz CT molecular complexity index is 425. The summed E-state index contributed by atoms with van der Waals surface area (Å²) in [6.45, 7) is 5.25. The Kier molecular flexibility index (Phi) is 5.29. The Morgan fingerprint density at radius 1 is 1.47 bits per heavy atom. The number of thiazole rings is 1. The SMILES string of the molecule is COC(=O)C(Cc1cscn1)NC(=O)OC(C)(C)C. The molecule has 0 aliphatic carbocycles. The van der Waals surface area contributed by atoms with Crippen LogP contribution in [0, 0.1) is 0 Å². The number of carbonyl (C=O) groups excluding carboxylic acids is 2. The molecule has 0 saturated heterocycles. The van der Waals surface area contributed by atoms with Crippen molar-refractivity contribution < 1.29 is 19.1 Å². The third-order valence-electron chi connectivity index (χ3n) is 2.07. The van der Waals surface area contributed by atoms with E-state index < -0.39 is 23.7 Å². The first-order valence-electron chi connectivity index (χ1n) is 5.76. The minimum absolute atomic E-state index is 0.273. The van der Waals surface area contributed by atoms with E-state index in [4.69, 9.17) is 4.74 Å². The molecule has 1 aromatic heterocycles. The Balaban J connectivity index is 2.65. The van der Waals surface area contributed by atoms with Crippen molar-refractivity contribution in [1.29, 1.82) is 0 Å². The number of ether oxygens (including phenoxy) is 2. The number of nitrogens with one attached hydrogen (secondary N) is 1. The van der Waals surface area contributed by atoms with Gasteiger partial charge in [0.25, 0.3) is 0 Å². The van der Waals surface area contributed by atoms with E-state index in [0.717, 1.165) is 5.69 Å². The van der Waals surface area contributed by atoms with E-state index >= 15 is 0 Å². The summed E-state index contributed by atoms with van der Waals surface area (Å²) >= 11 is 1.42. The summed E-state index contributed by atoms with van der Waals surface area (Å²) < 4.78 is 9.76. The molecule has 1 amide bonds. The summed E-state index contributed by atoms with van der Waals surface area (Å²) in [7, 11) is 1.27. The molecular weight excluding hydrogens is 268 g/mol. The third-order valence-corrected chi connectivity index (χ3v) is 2.71. The molecule has 1 atom stereocenters. The van der Waals surface area contributed by atoms with Crippen molar-refractivity contribution in [1.82, 2.24) is 10.3 Å². The fraction of sp³-hybridized carbons (Fsp3) is 0.583. The lowest BCUT2D eigenvalue weighted by molar-refractivity contribution is -0.143. The van der Waals surface area contributed by atoms with Gasteiger partial charge in [0.1, 0.15) is 11.6 Å². The van der Waals surface area contributed by atoms with Crippen LogP contribution in [0.5, 0.6) is 0 Å². The van der Waals surface area contributed by atoms with Crippen molar-refractivity contribution >= 4 is 23.4 Å². The number of amides is 1. The van der Waals surface area contributed by atoms with Crippen molar-refractivity contribution in [2.75, 3.05) is 7.11 Å². The molecular formula is C12H18N2O4S. The number of methoxy groups -OCH3 is 1. The molecule has 0 aliphatic heterocycles. The van der Waals surface area contributed by atoms with Gasteiger partial charge in [0.05, 0.1) is 18.3 Å². The fourth-order valence-corrected chi connectivity index (χ4v) is 1.90. The predicted molar refractivity (Wildman–Crippen MR) is 71.0 cm³/mol. The molecule has 106 valence electrons. The van der Waals surface area contributed by atoms with Gasteiger partial charge in [-0.25, -0.2) is 14.6 Å². The van der Waals surface area contributed by atoms with E-state index in [0.29, 0.717) is 0 Å². The highest BCUT2D eigenvalue weighted by Crippen LogP contribution is 2.09. The summed E-state index contributed by atoms with van der Waals surface area (Å²) in [5.74, 6) is -0.529. The molecule has 19 heavy (non-hydrogen) atoms. The number of nitrogens with zero attached hydrogens (tertiary/aromatic N) is 1. The zero-order chi connectivity index (χ0) is 14.5. The first-order valence-corrected chi connectivity index (χ1v) is 6.70. The van der Waals surface area contributed by atoms with E-state index in [1.165, 1.54) is 18.4 Å². The van der Waals surface area contributed by atoms with Crippen LogP contribution < -0.4 is 5.32 Å². The number of rotatable bonds is 4.